The number of rotatable bonds is 21. The van der Waals surface area contributed by atoms with Crippen molar-refractivity contribution in [2.45, 2.75) is 116 Å². The molecule has 1 amide bonds. The maximum absolute atomic E-state index is 12.3. The van der Waals surface area contributed by atoms with Crippen LogP contribution in [-0.4, -0.2) is 53.1 Å². The van der Waals surface area contributed by atoms with Crippen LogP contribution < -0.4 is 5.32 Å². The average Bonchev–Trinajstić information content (AvgIpc) is 2.78. The lowest BCUT2D eigenvalue weighted by atomic mass is 10.1. The van der Waals surface area contributed by atoms with Gasteiger partial charge in [0.1, 0.15) is 6.10 Å². The fourth-order valence-corrected chi connectivity index (χ4v) is 4.11. The van der Waals surface area contributed by atoms with Gasteiger partial charge in [0, 0.05) is 6.42 Å². The molecule has 0 saturated heterocycles. The maximum atomic E-state index is 12.3. The molecule has 0 bridgehead atoms. The Bertz CT molecular complexity index is 702. The highest BCUT2D eigenvalue weighted by atomic mass is 32.2. The van der Waals surface area contributed by atoms with E-state index in [-0.39, 0.29) is 6.42 Å². The van der Waals surface area contributed by atoms with E-state index in [4.69, 9.17) is 4.55 Å². The zero-order valence-corrected chi connectivity index (χ0v) is 21.9. The lowest BCUT2D eigenvalue weighted by Gasteiger charge is -2.22. The molecule has 0 aliphatic rings. The summed E-state index contributed by atoms with van der Waals surface area (Å²) < 4.78 is 31.8. The summed E-state index contributed by atoms with van der Waals surface area (Å²) in [6.07, 6.45) is 21.4. The molecule has 0 spiro atoms. The summed E-state index contributed by atoms with van der Waals surface area (Å²) >= 11 is 0. The third kappa shape index (κ3) is 19.9. The van der Waals surface area contributed by atoms with Crippen molar-refractivity contribution in [2.75, 3.05) is 5.75 Å². The van der Waals surface area contributed by atoms with Gasteiger partial charge in [-0.2, -0.15) is 8.42 Å². The van der Waals surface area contributed by atoms with Gasteiger partial charge in [0.2, 0.25) is 5.91 Å². The van der Waals surface area contributed by atoms with E-state index in [2.05, 4.69) is 31.3 Å². The first-order chi connectivity index (χ1) is 16.2. The number of hydrogen-bond donors (Lipinski definition) is 4. The van der Waals surface area contributed by atoms with E-state index in [0.29, 0.717) is 6.42 Å². The minimum Gasteiger partial charge on any atom is -0.387 e. The molecule has 8 heteroatoms. The Balaban J connectivity index is 4.42. The molecule has 7 nitrogen and oxygen atoms in total. The normalized spacial score (nSPS) is 15.3. The number of carbonyl (C=O) groups excluding carboxylic acids is 1. The number of hydrogen-bond acceptors (Lipinski definition) is 5. The molecule has 0 saturated carbocycles. The van der Waals surface area contributed by atoms with Crippen molar-refractivity contribution >= 4 is 16.0 Å². The Morgan fingerprint density at radius 1 is 0.824 bits per heavy atom. The van der Waals surface area contributed by atoms with Crippen molar-refractivity contribution in [1.82, 2.24) is 5.32 Å². The van der Waals surface area contributed by atoms with Crippen LogP contribution in [0.4, 0.5) is 0 Å². The zero-order chi connectivity index (χ0) is 25.7. The lowest BCUT2D eigenvalue weighted by molar-refractivity contribution is -0.130. The van der Waals surface area contributed by atoms with Gasteiger partial charge in [0.05, 0.1) is 17.9 Å². The summed E-state index contributed by atoms with van der Waals surface area (Å²) in [5.74, 6) is -1.64. The molecule has 0 aliphatic heterocycles. The van der Waals surface area contributed by atoms with Crippen LogP contribution in [-0.2, 0) is 14.9 Å². The van der Waals surface area contributed by atoms with E-state index in [1.807, 2.05) is 6.08 Å². The maximum Gasteiger partial charge on any atom is 0.267 e. The summed E-state index contributed by atoms with van der Waals surface area (Å²) in [6.45, 7) is 4.28. The van der Waals surface area contributed by atoms with Crippen molar-refractivity contribution in [3.63, 3.8) is 0 Å². The minimum atomic E-state index is -4.43. The number of unbranched alkanes of at least 4 members (excludes halogenated alkanes) is 9. The SMILES string of the molecule is CCCCC/C=C/C(O)C(CS(=O)(=O)O)NC(=O)C(O)C/C=C\C/C=C\CCCCCCCC. The highest BCUT2D eigenvalue weighted by Gasteiger charge is 2.27. The molecule has 3 atom stereocenters. The second-order valence-corrected chi connectivity index (χ2v) is 10.3. The summed E-state index contributed by atoms with van der Waals surface area (Å²) in [4.78, 5) is 12.3. The van der Waals surface area contributed by atoms with Crippen molar-refractivity contribution in [1.29, 1.82) is 0 Å². The fourth-order valence-electron chi connectivity index (χ4n) is 3.38. The third-order valence-corrected chi connectivity index (χ3v) is 6.21. The molecule has 0 heterocycles. The van der Waals surface area contributed by atoms with Crippen molar-refractivity contribution in [2.24, 2.45) is 0 Å². The molecule has 4 N–H and O–H groups in total. The first kappa shape index (κ1) is 32.5. The van der Waals surface area contributed by atoms with Gasteiger partial charge < -0.3 is 15.5 Å². The first-order valence-corrected chi connectivity index (χ1v) is 14.4. The van der Waals surface area contributed by atoms with Gasteiger partial charge in [-0.3, -0.25) is 9.35 Å². The standard InChI is InChI=1S/C26H47NO6S/c1-3-5-7-9-10-11-12-13-14-15-17-19-21-25(29)26(30)27-23(22-34(31,32)33)24(28)20-18-16-8-6-4-2/h13-14,17-20,23-25,28-29H,3-12,15-16,21-22H2,1-2H3,(H,27,30)(H,31,32,33)/b14-13-,19-17-,20-18+. The van der Waals surface area contributed by atoms with Crippen LogP contribution in [0.1, 0.15) is 97.3 Å². The van der Waals surface area contributed by atoms with Crippen LogP contribution >= 0.6 is 0 Å². The Morgan fingerprint density at radius 3 is 2.06 bits per heavy atom. The second-order valence-electron chi connectivity index (χ2n) is 8.76. The van der Waals surface area contributed by atoms with E-state index in [9.17, 15) is 23.4 Å². The molecule has 0 fully saturated rings. The quantitative estimate of drug-likeness (QED) is 0.101. The molecular formula is C26H47NO6S. The molecule has 198 valence electrons. The smallest absolute Gasteiger partial charge is 0.267 e. The van der Waals surface area contributed by atoms with E-state index in [1.165, 1.54) is 44.6 Å². The fraction of sp³-hybridized carbons (Fsp3) is 0.731. The summed E-state index contributed by atoms with van der Waals surface area (Å²) in [6, 6.07) is -1.26. The summed E-state index contributed by atoms with van der Waals surface area (Å²) in [7, 11) is -4.43. The molecule has 0 rings (SSSR count). The molecule has 0 aromatic carbocycles. The van der Waals surface area contributed by atoms with Gasteiger partial charge in [0.15, 0.2) is 0 Å². The second kappa shape index (κ2) is 20.9. The molecule has 0 aromatic heterocycles. The molecular weight excluding hydrogens is 454 g/mol. The van der Waals surface area contributed by atoms with Crippen LogP contribution in [0.5, 0.6) is 0 Å². The van der Waals surface area contributed by atoms with Crippen molar-refractivity contribution < 1.29 is 28.0 Å². The number of allylic oxidation sites excluding steroid dienone is 4. The molecule has 0 aromatic rings. The molecule has 0 radical (unpaired) electrons. The van der Waals surface area contributed by atoms with Gasteiger partial charge in [-0.15, -0.1) is 0 Å². The largest absolute Gasteiger partial charge is 0.387 e. The predicted octanol–water partition coefficient (Wildman–Crippen LogP) is 4.86. The molecule has 0 aliphatic carbocycles. The van der Waals surface area contributed by atoms with Crippen LogP contribution in [0.25, 0.3) is 0 Å². The number of nitrogens with one attached hydrogen (secondary N) is 1. The van der Waals surface area contributed by atoms with Crippen molar-refractivity contribution in [3.8, 4) is 0 Å². The first-order valence-electron chi connectivity index (χ1n) is 12.8. The van der Waals surface area contributed by atoms with Crippen LogP contribution in [0.3, 0.4) is 0 Å². The highest BCUT2D eigenvalue weighted by Crippen LogP contribution is 2.08. The highest BCUT2D eigenvalue weighted by molar-refractivity contribution is 7.85. The van der Waals surface area contributed by atoms with Crippen LogP contribution in [0.2, 0.25) is 0 Å². The van der Waals surface area contributed by atoms with E-state index >= 15 is 0 Å². The van der Waals surface area contributed by atoms with Crippen molar-refractivity contribution in [3.05, 3.63) is 36.5 Å². The predicted molar refractivity (Wildman–Crippen MR) is 139 cm³/mol. The van der Waals surface area contributed by atoms with Crippen LogP contribution in [0.15, 0.2) is 36.5 Å². The van der Waals surface area contributed by atoms with E-state index in [0.717, 1.165) is 32.1 Å². The van der Waals surface area contributed by atoms with Gasteiger partial charge in [-0.05, 0) is 32.1 Å². The van der Waals surface area contributed by atoms with Crippen LogP contribution in [0, 0.1) is 0 Å². The lowest BCUT2D eigenvalue weighted by Crippen LogP contribution is -2.50. The summed E-state index contributed by atoms with van der Waals surface area (Å²) in [5.41, 5.74) is 0. The Labute approximate surface area is 207 Å². The Hall–Kier alpha value is -1.48. The van der Waals surface area contributed by atoms with E-state index < -0.39 is 40.0 Å². The summed E-state index contributed by atoms with van der Waals surface area (Å²) in [5, 5.41) is 22.7. The third-order valence-electron chi connectivity index (χ3n) is 5.43. The van der Waals surface area contributed by atoms with Gasteiger partial charge in [-0.1, -0.05) is 95.2 Å². The monoisotopic (exact) mass is 501 g/mol. The topological polar surface area (TPSA) is 124 Å². The Morgan fingerprint density at radius 2 is 1.38 bits per heavy atom. The van der Waals surface area contributed by atoms with Gasteiger partial charge >= 0.3 is 0 Å². The molecule has 3 unspecified atom stereocenters. The van der Waals surface area contributed by atoms with E-state index in [1.54, 1.807) is 12.2 Å². The van der Waals surface area contributed by atoms with Gasteiger partial charge in [0.25, 0.3) is 10.1 Å². The molecule has 34 heavy (non-hydrogen) atoms. The number of carbonyl (C=O) groups is 1. The zero-order valence-electron chi connectivity index (χ0n) is 21.1. The van der Waals surface area contributed by atoms with Gasteiger partial charge in [-0.25, -0.2) is 0 Å². The number of aliphatic hydroxyl groups excluding tert-OH is 2. The number of amides is 1. The minimum absolute atomic E-state index is 0.0681. The number of aliphatic hydroxyl groups is 2. The average molecular weight is 502 g/mol. The Kier molecular flexibility index (Phi) is 19.9.